The zero-order chi connectivity index (χ0) is 13.8. The number of nitrogens with zero attached hydrogens (tertiary/aromatic N) is 2. The number of nitrogens with two attached hydrogens (primary N) is 1. The average Bonchev–Trinajstić information content (AvgIpc) is 2.88. The van der Waals surface area contributed by atoms with Gasteiger partial charge in [0.2, 0.25) is 0 Å². The minimum absolute atomic E-state index is 0.00688. The van der Waals surface area contributed by atoms with Crippen LogP contribution in [0.15, 0.2) is 35.8 Å². The third-order valence-electron chi connectivity index (χ3n) is 2.88. The molecule has 0 fully saturated rings. The van der Waals surface area contributed by atoms with E-state index in [1.54, 1.807) is 17.5 Å². The van der Waals surface area contributed by atoms with Gasteiger partial charge < -0.3 is 10.6 Å². The Labute approximate surface area is 117 Å². The van der Waals surface area contributed by atoms with Crippen molar-refractivity contribution in [3.63, 3.8) is 0 Å². The highest BCUT2D eigenvalue weighted by molar-refractivity contribution is 7.09. The molecular weight excluding hydrogens is 256 g/mol. The van der Waals surface area contributed by atoms with Gasteiger partial charge in [-0.1, -0.05) is 6.07 Å². The minimum atomic E-state index is 0.00688. The van der Waals surface area contributed by atoms with Gasteiger partial charge in [-0.25, -0.2) is 0 Å². The monoisotopic (exact) mass is 274 g/mol. The molecule has 0 unspecified atom stereocenters. The lowest BCUT2D eigenvalue weighted by atomic mass is 10.2. The maximum Gasteiger partial charge on any atom is 0.143 e. The van der Waals surface area contributed by atoms with E-state index in [0.29, 0.717) is 11.7 Å². The Morgan fingerprint density at radius 2 is 2.21 bits per heavy atom. The third kappa shape index (κ3) is 3.12. The number of nitrogen functional groups attached to an aromatic ring is 1. The molecule has 0 aliphatic heterocycles. The number of hydrogen-bond acceptors (Lipinski definition) is 4. The summed E-state index contributed by atoms with van der Waals surface area (Å²) in [6, 6.07) is 8.32. The Morgan fingerprint density at radius 3 is 2.79 bits per heavy atom. The summed E-state index contributed by atoms with van der Waals surface area (Å²) in [6.07, 6.45) is 1.67. The Morgan fingerprint density at radius 1 is 1.42 bits per heavy atom. The van der Waals surface area contributed by atoms with Gasteiger partial charge in [-0.3, -0.25) is 10.4 Å². The normalized spacial score (nSPS) is 10.7. The second kappa shape index (κ2) is 5.84. The van der Waals surface area contributed by atoms with Crippen LogP contribution >= 0.6 is 11.3 Å². The predicted molar refractivity (Wildman–Crippen MR) is 80.9 cm³/mol. The van der Waals surface area contributed by atoms with Crippen molar-refractivity contribution in [2.24, 2.45) is 5.73 Å². The number of aromatic nitrogens is 1. The fourth-order valence-corrected chi connectivity index (χ4v) is 2.66. The highest BCUT2D eigenvalue weighted by Crippen LogP contribution is 2.24. The largest absolute Gasteiger partial charge is 0.382 e. The number of hydrogen-bond donors (Lipinski definition) is 2. The smallest absolute Gasteiger partial charge is 0.143 e. The summed E-state index contributed by atoms with van der Waals surface area (Å²) in [5, 5.41) is 9.72. The summed E-state index contributed by atoms with van der Waals surface area (Å²) < 4.78 is 0. The second-order valence-electron chi connectivity index (χ2n) is 4.59. The molecule has 0 amide bonds. The SMILES string of the molecule is CC(C)N(Cc1cccs1)c1cccnc1C(=N)N. The van der Waals surface area contributed by atoms with Crippen LogP contribution < -0.4 is 10.6 Å². The third-order valence-corrected chi connectivity index (χ3v) is 3.74. The van der Waals surface area contributed by atoms with E-state index < -0.39 is 0 Å². The first-order valence-corrected chi connectivity index (χ1v) is 7.06. The van der Waals surface area contributed by atoms with Crippen LogP contribution in [-0.2, 0) is 6.54 Å². The van der Waals surface area contributed by atoms with Gasteiger partial charge in [0.05, 0.1) is 12.2 Å². The highest BCUT2D eigenvalue weighted by Gasteiger charge is 2.17. The first-order chi connectivity index (χ1) is 9.09. The summed E-state index contributed by atoms with van der Waals surface area (Å²) in [5.41, 5.74) is 7.09. The van der Waals surface area contributed by atoms with E-state index in [0.717, 1.165) is 12.2 Å². The van der Waals surface area contributed by atoms with E-state index in [1.807, 2.05) is 18.2 Å². The number of thiophene rings is 1. The van der Waals surface area contributed by atoms with E-state index in [2.05, 4.69) is 35.2 Å². The van der Waals surface area contributed by atoms with Crippen LogP contribution in [0.1, 0.15) is 24.4 Å². The molecule has 4 nitrogen and oxygen atoms in total. The van der Waals surface area contributed by atoms with Crippen molar-refractivity contribution in [1.82, 2.24) is 4.98 Å². The van der Waals surface area contributed by atoms with Gasteiger partial charge in [0.15, 0.2) is 0 Å². The molecule has 2 aromatic heterocycles. The van der Waals surface area contributed by atoms with E-state index in [-0.39, 0.29) is 5.84 Å². The highest BCUT2D eigenvalue weighted by atomic mass is 32.1. The van der Waals surface area contributed by atoms with Crippen LogP contribution in [0.5, 0.6) is 0 Å². The van der Waals surface area contributed by atoms with Crippen molar-refractivity contribution in [3.8, 4) is 0 Å². The molecule has 2 aromatic rings. The van der Waals surface area contributed by atoms with Crippen molar-refractivity contribution < 1.29 is 0 Å². The van der Waals surface area contributed by atoms with Crippen LogP contribution in [-0.4, -0.2) is 16.9 Å². The molecule has 0 saturated heterocycles. The van der Waals surface area contributed by atoms with Crippen molar-refractivity contribution in [2.75, 3.05) is 4.90 Å². The first-order valence-electron chi connectivity index (χ1n) is 6.18. The molecule has 0 radical (unpaired) electrons. The van der Waals surface area contributed by atoms with E-state index >= 15 is 0 Å². The second-order valence-corrected chi connectivity index (χ2v) is 5.62. The van der Waals surface area contributed by atoms with E-state index in [4.69, 9.17) is 11.1 Å². The first kappa shape index (κ1) is 13.5. The number of rotatable bonds is 5. The predicted octanol–water partition coefficient (Wildman–Crippen LogP) is 2.84. The molecule has 0 aliphatic carbocycles. The van der Waals surface area contributed by atoms with Crippen LogP contribution in [0.2, 0.25) is 0 Å². The van der Waals surface area contributed by atoms with Crippen LogP contribution in [0.3, 0.4) is 0 Å². The van der Waals surface area contributed by atoms with Gasteiger partial charge in [-0.15, -0.1) is 11.3 Å². The molecule has 3 N–H and O–H groups in total. The lowest BCUT2D eigenvalue weighted by molar-refractivity contribution is 0.685. The summed E-state index contributed by atoms with van der Waals surface area (Å²) in [6.45, 7) is 5.07. The van der Waals surface area contributed by atoms with E-state index in [1.165, 1.54) is 4.88 Å². The molecule has 5 heteroatoms. The molecular formula is C14H18N4S. The molecule has 2 rings (SSSR count). The lowest BCUT2D eigenvalue weighted by Gasteiger charge is -2.29. The van der Waals surface area contributed by atoms with Crippen LogP contribution in [0.25, 0.3) is 0 Å². The van der Waals surface area contributed by atoms with Gasteiger partial charge in [0.1, 0.15) is 11.5 Å². The van der Waals surface area contributed by atoms with Gasteiger partial charge in [0, 0.05) is 17.1 Å². The molecule has 0 saturated carbocycles. The molecule has 0 atom stereocenters. The molecule has 0 bridgehead atoms. The van der Waals surface area contributed by atoms with Crippen molar-refractivity contribution in [1.29, 1.82) is 5.41 Å². The van der Waals surface area contributed by atoms with Crippen molar-refractivity contribution in [2.45, 2.75) is 26.4 Å². The average molecular weight is 274 g/mol. The van der Waals surface area contributed by atoms with Crippen LogP contribution in [0.4, 0.5) is 5.69 Å². The fourth-order valence-electron chi connectivity index (χ4n) is 1.95. The number of pyridine rings is 1. The Bertz CT molecular complexity index is 548. The summed E-state index contributed by atoms with van der Waals surface area (Å²) in [5.74, 6) is 0.00688. The molecule has 0 spiro atoms. The zero-order valence-electron chi connectivity index (χ0n) is 11.1. The lowest BCUT2D eigenvalue weighted by Crippen LogP contribution is -2.32. The Hall–Kier alpha value is -1.88. The van der Waals surface area contributed by atoms with Crippen molar-refractivity contribution in [3.05, 3.63) is 46.4 Å². The van der Waals surface area contributed by atoms with Crippen LogP contribution in [0, 0.1) is 5.41 Å². The number of amidine groups is 1. The molecule has 0 aliphatic rings. The van der Waals surface area contributed by atoms with Crippen molar-refractivity contribution >= 4 is 22.9 Å². The number of anilines is 1. The molecule has 0 aromatic carbocycles. The van der Waals surface area contributed by atoms with E-state index in [9.17, 15) is 0 Å². The fraction of sp³-hybridized carbons (Fsp3) is 0.286. The standard InChI is InChI=1S/C14H18N4S/c1-10(2)18(9-11-5-4-8-19-11)12-6-3-7-17-13(12)14(15)16/h3-8,10H,9H2,1-2H3,(H3,15,16). The maximum absolute atomic E-state index is 7.65. The minimum Gasteiger partial charge on any atom is -0.382 e. The zero-order valence-corrected chi connectivity index (χ0v) is 11.9. The molecule has 19 heavy (non-hydrogen) atoms. The topological polar surface area (TPSA) is 66.0 Å². The van der Waals surface area contributed by atoms with Gasteiger partial charge in [-0.05, 0) is 37.4 Å². The maximum atomic E-state index is 7.65. The van der Waals surface area contributed by atoms with Gasteiger partial charge in [0.25, 0.3) is 0 Å². The van der Waals surface area contributed by atoms with Gasteiger partial charge in [-0.2, -0.15) is 0 Å². The summed E-state index contributed by atoms with van der Waals surface area (Å²) in [4.78, 5) is 7.73. The van der Waals surface area contributed by atoms with Gasteiger partial charge >= 0.3 is 0 Å². The quantitative estimate of drug-likeness (QED) is 0.651. The summed E-state index contributed by atoms with van der Waals surface area (Å²) >= 11 is 1.73. The molecule has 2 heterocycles. The molecule has 100 valence electrons. The summed E-state index contributed by atoms with van der Waals surface area (Å²) in [7, 11) is 0. The Balaban J connectivity index is 2.36. The Kier molecular flexibility index (Phi) is 4.16. The number of nitrogens with one attached hydrogen (secondary N) is 1.